The summed E-state index contributed by atoms with van der Waals surface area (Å²) in [4.78, 5) is 13.1. The van der Waals surface area contributed by atoms with E-state index in [4.69, 9.17) is 16.7 Å². The summed E-state index contributed by atoms with van der Waals surface area (Å²) in [6.07, 6.45) is -0.453. The molecule has 1 saturated heterocycles. The van der Waals surface area contributed by atoms with E-state index in [1.807, 2.05) is 0 Å². The van der Waals surface area contributed by atoms with Gasteiger partial charge in [-0.25, -0.2) is 4.39 Å². The van der Waals surface area contributed by atoms with Crippen LogP contribution in [0, 0.1) is 5.82 Å². The highest BCUT2D eigenvalue weighted by atomic mass is 35.5. The number of carbonyl (C=O) groups excluding carboxylic acids is 1. The van der Waals surface area contributed by atoms with Gasteiger partial charge in [-0.3, -0.25) is 4.79 Å². The van der Waals surface area contributed by atoms with Crippen LogP contribution in [0.2, 0.25) is 5.02 Å². The molecule has 0 bridgehead atoms. The maximum atomic E-state index is 13.0. The lowest BCUT2D eigenvalue weighted by atomic mass is 10.1. The van der Waals surface area contributed by atoms with E-state index in [1.54, 1.807) is 0 Å². The molecular weight excluding hydrogens is 221 g/mol. The Labute approximate surface area is 91.1 Å². The predicted octanol–water partition coefficient (Wildman–Crippen LogP) is 1.30. The molecule has 0 spiro atoms. The predicted molar refractivity (Wildman–Crippen MR) is 53.3 cm³/mol. The van der Waals surface area contributed by atoms with E-state index in [-0.39, 0.29) is 16.5 Å². The molecule has 0 saturated carbocycles. The Balaban J connectivity index is 2.16. The number of hydrogen-bond donors (Lipinski definition) is 1. The number of likely N-dealkylation sites (tertiary alicyclic amines) is 1. The highest BCUT2D eigenvalue weighted by Crippen LogP contribution is 2.18. The van der Waals surface area contributed by atoms with E-state index in [1.165, 1.54) is 17.0 Å². The monoisotopic (exact) mass is 229 g/mol. The molecule has 1 amide bonds. The van der Waals surface area contributed by atoms with Crippen LogP contribution in [0.4, 0.5) is 4.39 Å². The Morgan fingerprint density at radius 3 is 2.73 bits per heavy atom. The average molecular weight is 230 g/mol. The molecule has 2 rings (SSSR count). The second-order valence-electron chi connectivity index (χ2n) is 3.49. The van der Waals surface area contributed by atoms with E-state index in [0.717, 1.165) is 6.07 Å². The van der Waals surface area contributed by atoms with Crippen molar-refractivity contribution in [2.45, 2.75) is 6.10 Å². The molecule has 1 fully saturated rings. The standard InChI is InChI=1S/C10H9ClFNO2/c11-8-2-1-6(3-9(8)12)10(15)13-4-7(14)5-13/h1-3,7,14H,4-5H2. The number of aliphatic hydroxyl groups excluding tert-OH is 1. The molecule has 1 aliphatic heterocycles. The molecule has 3 nitrogen and oxygen atoms in total. The second kappa shape index (κ2) is 3.79. The van der Waals surface area contributed by atoms with Gasteiger partial charge in [-0.2, -0.15) is 0 Å². The van der Waals surface area contributed by atoms with Gasteiger partial charge >= 0.3 is 0 Å². The molecule has 1 aromatic rings. The second-order valence-corrected chi connectivity index (χ2v) is 3.90. The van der Waals surface area contributed by atoms with Crippen molar-refractivity contribution in [1.29, 1.82) is 0 Å². The van der Waals surface area contributed by atoms with Gasteiger partial charge in [-0.1, -0.05) is 11.6 Å². The van der Waals surface area contributed by atoms with Crippen molar-refractivity contribution in [1.82, 2.24) is 4.90 Å². The zero-order chi connectivity index (χ0) is 11.0. The first-order valence-corrected chi connectivity index (χ1v) is 4.88. The van der Waals surface area contributed by atoms with Gasteiger partial charge in [0, 0.05) is 18.7 Å². The molecule has 0 aliphatic carbocycles. The van der Waals surface area contributed by atoms with Crippen LogP contribution in [0.15, 0.2) is 18.2 Å². The molecule has 5 heteroatoms. The number of amides is 1. The summed E-state index contributed by atoms with van der Waals surface area (Å²) in [6.45, 7) is 0.617. The summed E-state index contributed by atoms with van der Waals surface area (Å²) in [6, 6.07) is 3.92. The van der Waals surface area contributed by atoms with Crippen molar-refractivity contribution < 1.29 is 14.3 Å². The number of benzene rings is 1. The molecule has 0 aromatic heterocycles. The van der Waals surface area contributed by atoms with Crippen LogP contribution in [0.3, 0.4) is 0 Å². The fraction of sp³-hybridized carbons (Fsp3) is 0.300. The number of carbonyl (C=O) groups is 1. The summed E-state index contributed by atoms with van der Waals surface area (Å²) < 4.78 is 13.0. The summed E-state index contributed by atoms with van der Waals surface area (Å²) in [5, 5.41) is 9.02. The fourth-order valence-corrected chi connectivity index (χ4v) is 1.55. The molecule has 0 radical (unpaired) electrons. The minimum Gasteiger partial charge on any atom is -0.389 e. The van der Waals surface area contributed by atoms with Crippen molar-refractivity contribution in [2.75, 3.05) is 13.1 Å². The summed E-state index contributed by atoms with van der Waals surface area (Å²) in [5.41, 5.74) is 0.254. The molecule has 1 N–H and O–H groups in total. The number of nitrogens with zero attached hydrogens (tertiary/aromatic N) is 1. The average Bonchev–Trinajstić information content (AvgIpc) is 2.16. The van der Waals surface area contributed by atoms with Gasteiger partial charge in [0.15, 0.2) is 0 Å². The largest absolute Gasteiger partial charge is 0.389 e. The van der Waals surface area contributed by atoms with Crippen LogP contribution in [0.25, 0.3) is 0 Å². The minimum atomic E-state index is -0.608. The zero-order valence-corrected chi connectivity index (χ0v) is 8.54. The molecule has 1 aromatic carbocycles. The highest BCUT2D eigenvalue weighted by molar-refractivity contribution is 6.30. The summed E-state index contributed by atoms with van der Waals surface area (Å²) >= 11 is 5.50. The van der Waals surface area contributed by atoms with Crippen LogP contribution in [-0.4, -0.2) is 35.1 Å². The molecule has 0 atom stereocenters. The Morgan fingerprint density at radius 2 is 2.20 bits per heavy atom. The Morgan fingerprint density at radius 1 is 1.53 bits per heavy atom. The molecule has 15 heavy (non-hydrogen) atoms. The third-order valence-corrected chi connectivity index (χ3v) is 2.62. The lowest BCUT2D eigenvalue weighted by Gasteiger charge is -2.35. The minimum absolute atomic E-state index is 0.00445. The first kappa shape index (κ1) is 10.4. The number of halogens is 2. The van der Waals surface area contributed by atoms with E-state index in [2.05, 4.69) is 0 Å². The van der Waals surface area contributed by atoms with Crippen LogP contribution in [0.5, 0.6) is 0 Å². The maximum Gasteiger partial charge on any atom is 0.254 e. The van der Waals surface area contributed by atoms with Crippen LogP contribution >= 0.6 is 11.6 Å². The van der Waals surface area contributed by atoms with Crippen molar-refractivity contribution in [3.05, 3.63) is 34.6 Å². The third kappa shape index (κ3) is 1.96. The molecule has 1 aliphatic rings. The van der Waals surface area contributed by atoms with Crippen molar-refractivity contribution in [3.8, 4) is 0 Å². The van der Waals surface area contributed by atoms with E-state index < -0.39 is 11.9 Å². The van der Waals surface area contributed by atoms with E-state index >= 15 is 0 Å². The lowest BCUT2D eigenvalue weighted by Crippen LogP contribution is -2.53. The first-order chi connectivity index (χ1) is 7.08. The molecule has 1 heterocycles. The number of β-amino-alcohol motifs (C(OH)–C–C–N with tert-alkyl or cyclic N) is 1. The van der Waals surface area contributed by atoms with Gasteiger partial charge < -0.3 is 10.0 Å². The number of rotatable bonds is 1. The number of hydrogen-bond acceptors (Lipinski definition) is 2. The molecule has 0 unspecified atom stereocenters. The van der Waals surface area contributed by atoms with Crippen molar-refractivity contribution in [3.63, 3.8) is 0 Å². The van der Waals surface area contributed by atoms with Gasteiger partial charge in [0.1, 0.15) is 5.82 Å². The van der Waals surface area contributed by atoms with Gasteiger partial charge in [-0.05, 0) is 18.2 Å². The Kier molecular flexibility index (Phi) is 2.63. The normalized spacial score (nSPS) is 16.3. The van der Waals surface area contributed by atoms with Gasteiger partial charge in [0.2, 0.25) is 0 Å². The van der Waals surface area contributed by atoms with E-state index in [9.17, 15) is 9.18 Å². The van der Waals surface area contributed by atoms with E-state index in [0.29, 0.717) is 13.1 Å². The first-order valence-electron chi connectivity index (χ1n) is 4.50. The summed E-state index contributed by atoms with van der Waals surface area (Å²) in [5.74, 6) is -0.889. The highest BCUT2D eigenvalue weighted by Gasteiger charge is 2.29. The zero-order valence-electron chi connectivity index (χ0n) is 7.78. The van der Waals surface area contributed by atoms with Gasteiger partial charge in [-0.15, -0.1) is 0 Å². The van der Waals surface area contributed by atoms with Gasteiger partial charge in [0.25, 0.3) is 5.91 Å². The quantitative estimate of drug-likeness (QED) is 0.789. The fourth-order valence-electron chi connectivity index (χ4n) is 1.43. The molecule has 80 valence electrons. The smallest absolute Gasteiger partial charge is 0.254 e. The lowest BCUT2D eigenvalue weighted by molar-refractivity contribution is 0.00587. The van der Waals surface area contributed by atoms with Crippen LogP contribution in [-0.2, 0) is 0 Å². The van der Waals surface area contributed by atoms with Crippen molar-refractivity contribution >= 4 is 17.5 Å². The van der Waals surface area contributed by atoms with Gasteiger partial charge in [0.05, 0.1) is 11.1 Å². The third-order valence-electron chi connectivity index (χ3n) is 2.32. The SMILES string of the molecule is O=C(c1ccc(Cl)c(F)c1)N1CC(O)C1. The Hall–Kier alpha value is -1.13. The maximum absolute atomic E-state index is 13.0. The Bertz CT molecular complexity index is 404. The van der Waals surface area contributed by atoms with Crippen LogP contribution < -0.4 is 0 Å². The topological polar surface area (TPSA) is 40.5 Å². The summed E-state index contributed by atoms with van der Waals surface area (Å²) in [7, 11) is 0. The molecular formula is C10H9ClFNO2. The number of aliphatic hydroxyl groups is 1. The van der Waals surface area contributed by atoms with Crippen molar-refractivity contribution in [2.24, 2.45) is 0 Å². The van der Waals surface area contributed by atoms with Crippen LogP contribution in [0.1, 0.15) is 10.4 Å².